The van der Waals surface area contributed by atoms with Gasteiger partial charge in [0.25, 0.3) is 0 Å². The molecule has 0 bridgehead atoms. The van der Waals surface area contributed by atoms with E-state index >= 15 is 0 Å². The monoisotopic (exact) mass is 950 g/mol. The summed E-state index contributed by atoms with van der Waals surface area (Å²) in [4.78, 5) is 72.2. The third-order valence-corrected chi connectivity index (χ3v) is 13.8. The molecule has 0 saturated carbocycles. The Labute approximate surface area is 389 Å². The Hall–Kier alpha value is -6.08. The number of alkyl halides is 3. The number of imidazole rings is 2. The molecule has 16 nitrogen and oxygen atoms in total. The molecule has 0 unspecified atom stereocenters. The first kappa shape index (κ1) is 47.4. The number of hydrogen-bond donors (Lipinski definition) is 4. The van der Waals surface area contributed by atoms with Crippen molar-refractivity contribution < 1.29 is 51.3 Å². The fraction of sp³-hybridized carbons (Fsp3) is 0.489. The van der Waals surface area contributed by atoms with Gasteiger partial charge in [0.2, 0.25) is 11.8 Å². The third kappa shape index (κ3) is 8.71. The summed E-state index contributed by atoms with van der Waals surface area (Å²) in [6.07, 6.45) is -4.92. The first-order valence-corrected chi connectivity index (χ1v) is 22.5. The number of nitrogens with zero attached hydrogens (tertiary/aromatic N) is 4. The lowest BCUT2D eigenvalue weighted by Gasteiger charge is -2.38. The first-order chi connectivity index (χ1) is 31.8. The summed E-state index contributed by atoms with van der Waals surface area (Å²) in [5.41, 5.74) is 2.56. The Kier molecular flexibility index (Phi) is 12.9. The number of methoxy groups -OCH3 is 3. The summed E-state index contributed by atoms with van der Waals surface area (Å²) in [5, 5.41) is 6.80. The largest absolute Gasteiger partial charge is 0.488 e. The Morgan fingerprint density at radius 1 is 0.910 bits per heavy atom. The molecule has 0 spiro atoms. The number of aromatic nitrogens is 4. The molecule has 67 heavy (non-hydrogen) atoms. The fourth-order valence-corrected chi connectivity index (χ4v) is 9.90. The number of nitrogens with one attached hydrogen (secondary N) is 4. The summed E-state index contributed by atoms with van der Waals surface area (Å²) in [6, 6.07) is 9.77. The molecule has 5 aromatic rings. The van der Waals surface area contributed by atoms with Crippen molar-refractivity contribution in [3.05, 3.63) is 64.8 Å². The van der Waals surface area contributed by atoms with Gasteiger partial charge in [-0.1, -0.05) is 43.6 Å². The minimum Gasteiger partial charge on any atom is -0.488 e. The Morgan fingerprint density at radius 3 is 2.31 bits per heavy atom. The number of rotatable bonds is 11. The highest BCUT2D eigenvalue weighted by atomic mass is 35.5. The molecule has 358 valence electrons. The molecular weight excluding hydrogens is 897 g/mol. The molecule has 6 atom stereocenters. The summed E-state index contributed by atoms with van der Waals surface area (Å²) in [7, 11) is 3.78. The molecule has 2 fully saturated rings. The molecule has 2 aromatic heterocycles. The van der Waals surface area contributed by atoms with Gasteiger partial charge in [0.15, 0.2) is 0 Å². The number of fused-ring (bicyclic) bond motifs is 6. The average molecular weight is 951 g/mol. The van der Waals surface area contributed by atoms with Gasteiger partial charge in [-0.3, -0.25) is 9.59 Å². The molecule has 3 aliphatic heterocycles. The van der Waals surface area contributed by atoms with E-state index in [1.165, 1.54) is 19.1 Å². The van der Waals surface area contributed by atoms with Crippen LogP contribution in [-0.2, 0) is 30.4 Å². The molecule has 0 radical (unpaired) electrons. The Morgan fingerprint density at radius 2 is 1.63 bits per heavy atom. The maximum absolute atomic E-state index is 14.4. The number of H-pyrrole nitrogens is 2. The van der Waals surface area contributed by atoms with Crippen LogP contribution in [0.5, 0.6) is 5.75 Å². The van der Waals surface area contributed by atoms with Crippen molar-refractivity contribution in [2.75, 3.05) is 34.5 Å². The molecule has 3 aliphatic rings. The number of likely N-dealkylation sites (tertiary alicyclic amines) is 2. The van der Waals surface area contributed by atoms with Crippen LogP contribution in [0.25, 0.3) is 44.2 Å². The van der Waals surface area contributed by atoms with Gasteiger partial charge in [-0.05, 0) is 86.7 Å². The van der Waals surface area contributed by atoms with Crippen LogP contribution in [0.2, 0.25) is 5.15 Å². The van der Waals surface area contributed by atoms with Crippen LogP contribution in [0.1, 0.15) is 83.2 Å². The number of benzene rings is 3. The van der Waals surface area contributed by atoms with E-state index in [0.29, 0.717) is 35.7 Å². The zero-order valence-electron chi connectivity index (χ0n) is 38.4. The van der Waals surface area contributed by atoms with Crippen LogP contribution in [0.3, 0.4) is 0 Å². The number of aromatic amines is 2. The molecule has 3 aromatic carbocycles. The van der Waals surface area contributed by atoms with E-state index in [9.17, 15) is 32.3 Å². The molecule has 20 heteroatoms. The first-order valence-electron chi connectivity index (χ1n) is 22.1. The zero-order chi connectivity index (χ0) is 48.3. The van der Waals surface area contributed by atoms with Crippen LogP contribution in [0.15, 0.2) is 42.5 Å². The van der Waals surface area contributed by atoms with Gasteiger partial charge in [-0.25, -0.2) is 19.6 Å². The lowest BCUT2D eigenvalue weighted by Crippen LogP contribution is -2.60. The number of alkyl carbamates (subject to hydrolysis) is 2. The quantitative estimate of drug-likeness (QED) is 0.0997. The van der Waals surface area contributed by atoms with E-state index < -0.39 is 47.8 Å². The van der Waals surface area contributed by atoms with Gasteiger partial charge in [-0.2, -0.15) is 13.2 Å². The number of ether oxygens (including phenoxy) is 4. The highest BCUT2D eigenvalue weighted by Gasteiger charge is 2.57. The smallest absolute Gasteiger partial charge is 0.407 e. The van der Waals surface area contributed by atoms with E-state index in [1.54, 1.807) is 0 Å². The topological polar surface area (TPSA) is 193 Å². The molecule has 5 heterocycles. The lowest BCUT2D eigenvalue weighted by atomic mass is 9.82. The predicted octanol–water partition coefficient (Wildman–Crippen LogP) is 8.60. The van der Waals surface area contributed by atoms with Crippen LogP contribution < -0.4 is 15.4 Å². The predicted molar refractivity (Wildman–Crippen MR) is 242 cm³/mol. The standard InChI is InChI=1S/C47H54ClF3N8O8/c1-22(2)35(55-44(62)65-7)42(60)59-23(3)9-14-32(59)40-52-31-13-11-25-17-30-28-12-10-26(16-27(28)21-67-34(30)18-29(25)37(31)54-40)36-39(48)57-41(53-36)33-15-24(20-64-6)19-58(33)43(61)38(56-45(63)66-8)46(4,5)47(49,50)51/h10-13,16-18,22-24,32-33,35,38H,9,14-15,19-21H2,1-8H3,(H,52,54)(H,53,57)(H,55,62)(H,56,63)/t23-,24-,32-,33-,35-,38+/m0/s1. The SMILES string of the molecule is COC[C@H]1C[C@@H](c2nc(-c3ccc4c(c3)COc3cc5c(ccc6[nH]c([C@@H]7CC[C@H](C)N7C(=O)[C@@H](NC(=O)OC)C(C)C)nc65)cc3-4)c(Cl)[nH]2)N(C(=O)[C@@H](NC(=O)OC)C(C)(C)C(F)(F)F)C1. The summed E-state index contributed by atoms with van der Waals surface area (Å²) >= 11 is 6.82. The second-order valence-corrected chi connectivity index (χ2v) is 18.9. The summed E-state index contributed by atoms with van der Waals surface area (Å²) < 4.78 is 64.3. The fourth-order valence-electron chi connectivity index (χ4n) is 9.65. The highest BCUT2D eigenvalue weighted by molar-refractivity contribution is 6.32. The van der Waals surface area contributed by atoms with Gasteiger partial charge < -0.3 is 49.3 Å². The van der Waals surface area contributed by atoms with Gasteiger partial charge in [-0.15, -0.1) is 0 Å². The minimum atomic E-state index is -4.86. The second-order valence-electron chi connectivity index (χ2n) is 18.5. The molecule has 4 amide bonds. The number of carbonyl (C=O) groups is 4. The number of halogens is 4. The summed E-state index contributed by atoms with van der Waals surface area (Å²) in [6.45, 7) is 7.97. The molecule has 4 N–H and O–H groups in total. The van der Waals surface area contributed by atoms with Gasteiger partial charge in [0.1, 0.15) is 46.9 Å². The maximum atomic E-state index is 14.4. The highest BCUT2D eigenvalue weighted by Crippen LogP contribution is 2.46. The average Bonchev–Trinajstić information content (AvgIpc) is 4.10. The number of carbonyl (C=O) groups excluding carboxylic acids is 4. The maximum Gasteiger partial charge on any atom is 0.407 e. The lowest BCUT2D eigenvalue weighted by molar-refractivity contribution is -0.222. The van der Waals surface area contributed by atoms with Gasteiger partial charge in [0, 0.05) is 42.1 Å². The van der Waals surface area contributed by atoms with Crippen molar-refractivity contribution in [1.29, 1.82) is 0 Å². The van der Waals surface area contributed by atoms with Crippen LogP contribution in [0.4, 0.5) is 22.8 Å². The van der Waals surface area contributed by atoms with Crippen molar-refractivity contribution in [2.45, 2.75) is 96.9 Å². The van der Waals surface area contributed by atoms with E-state index in [-0.39, 0.29) is 60.6 Å². The normalized spacial score (nSPS) is 20.4. The number of amides is 4. The minimum absolute atomic E-state index is 0.0469. The van der Waals surface area contributed by atoms with Gasteiger partial charge >= 0.3 is 18.4 Å². The zero-order valence-corrected chi connectivity index (χ0v) is 39.1. The van der Waals surface area contributed by atoms with E-state index in [0.717, 1.165) is 65.9 Å². The van der Waals surface area contributed by atoms with Crippen LogP contribution in [0, 0.1) is 17.3 Å². The molecule has 0 aliphatic carbocycles. The third-order valence-electron chi connectivity index (χ3n) is 13.5. The van der Waals surface area contributed by atoms with E-state index in [2.05, 4.69) is 31.4 Å². The van der Waals surface area contributed by atoms with Crippen LogP contribution >= 0.6 is 11.6 Å². The molecular formula is C47H54ClF3N8O8. The van der Waals surface area contributed by atoms with E-state index in [4.69, 9.17) is 35.8 Å². The van der Waals surface area contributed by atoms with E-state index in [1.807, 2.05) is 62.1 Å². The van der Waals surface area contributed by atoms with Crippen molar-refractivity contribution in [1.82, 2.24) is 40.4 Å². The van der Waals surface area contributed by atoms with Crippen molar-refractivity contribution >= 4 is 57.4 Å². The van der Waals surface area contributed by atoms with Crippen molar-refractivity contribution in [2.24, 2.45) is 17.3 Å². The second kappa shape index (κ2) is 18.2. The van der Waals surface area contributed by atoms with Gasteiger partial charge in [0.05, 0.1) is 49.4 Å². The van der Waals surface area contributed by atoms with Crippen molar-refractivity contribution in [3.63, 3.8) is 0 Å². The van der Waals surface area contributed by atoms with Crippen LogP contribution in [-0.4, -0.2) is 113 Å². The molecule has 2 saturated heterocycles. The molecule has 8 rings (SSSR count). The summed E-state index contributed by atoms with van der Waals surface area (Å²) in [5.74, 6) is 0.0137. The number of hydrogen-bond acceptors (Lipinski definition) is 10. The van der Waals surface area contributed by atoms with Crippen molar-refractivity contribution in [3.8, 4) is 28.1 Å². The Bertz CT molecular complexity index is 2740. The Balaban J connectivity index is 1.07.